The van der Waals surface area contributed by atoms with E-state index < -0.39 is 11.7 Å². The molecule has 0 atom stereocenters. The van der Waals surface area contributed by atoms with Crippen LogP contribution in [0.4, 0.5) is 24.7 Å². The van der Waals surface area contributed by atoms with Gasteiger partial charge in [0.15, 0.2) is 11.7 Å². The molecule has 0 spiro atoms. The maximum atomic E-state index is 12.8. The zero-order chi connectivity index (χ0) is 21.2. The van der Waals surface area contributed by atoms with Gasteiger partial charge in [-0.3, -0.25) is 0 Å². The van der Waals surface area contributed by atoms with E-state index in [0.717, 1.165) is 34.6 Å². The van der Waals surface area contributed by atoms with E-state index in [1.54, 1.807) is 17.0 Å². The van der Waals surface area contributed by atoms with Crippen molar-refractivity contribution in [3.63, 3.8) is 0 Å². The molecule has 2 aliphatic heterocycles. The Hall–Kier alpha value is -3.95. The minimum Gasteiger partial charge on any atom is -0.475 e. The molecule has 4 aromatic rings. The smallest absolute Gasteiger partial charge is 0.416 e. The molecule has 0 radical (unpaired) electrons. The Labute approximate surface area is 173 Å². The van der Waals surface area contributed by atoms with Gasteiger partial charge in [0, 0.05) is 17.3 Å². The van der Waals surface area contributed by atoms with Crippen molar-refractivity contribution in [2.24, 2.45) is 4.99 Å². The second-order valence-corrected chi connectivity index (χ2v) is 7.15. The first-order valence-corrected chi connectivity index (χ1v) is 9.48. The van der Waals surface area contributed by atoms with Crippen molar-refractivity contribution in [3.8, 4) is 11.6 Å². The second-order valence-electron chi connectivity index (χ2n) is 7.15. The molecule has 0 unspecified atom stereocenters. The van der Waals surface area contributed by atoms with E-state index in [4.69, 9.17) is 4.74 Å². The van der Waals surface area contributed by atoms with E-state index in [9.17, 15) is 13.2 Å². The molecule has 0 aliphatic carbocycles. The van der Waals surface area contributed by atoms with Crippen LogP contribution < -0.4 is 9.64 Å². The number of nitrogens with zero attached hydrogens (tertiary/aromatic N) is 6. The molecule has 7 nitrogen and oxygen atoms in total. The lowest BCUT2D eigenvalue weighted by Gasteiger charge is -2.27. The predicted molar refractivity (Wildman–Crippen MR) is 107 cm³/mol. The summed E-state index contributed by atoms with van der Waals surface area (Å²) in [7, 11) is 0. The van der Waals surface area contributed by atoms with E-state index in [1.165, 1.54) is 18.5 Å². The zero-order valence-corrected chi connectivity index (χ0v) is 15.8. The highest BCUT2D eigenvalue weighted by atomic mass is 19.4. The van der Waals surface area contributed by atoms with Crippen LogP contribution in [0, 0.1) is 0 Å². The van der Waals surface area contributed by atoms with Gasteiger partial charge < -0.3 is 14.2 Å². The van der Waals surface area contributed by atoms with Gasteiger partial charge in [0.1, 0.15) is 24.1 Å². The number of anilines is 1. The van der Waals surface area contributed by atoms with Crippen LogP contribution in [0.3, 0.4) is 0 Å². The van der Waals surface area contributed by atoms with Crippen LogP contribution in [0.2, 0.25) is 0 Å². The summed E-state index contributed by atoms with van der Waals surface area (Å²) < 4.78 is 46.0. The fraction of sp³-hybridized carbons (Fsp3) is 0.143. The largest absolute Gasteiger partial charge is 0.475 e. The molecule has 0 saturated carbocycles. The number of hydrogen-bond acceptors (Lipinski definition) is 6. The summed E-state index contributed by atoms with van der Waals surface area (Å²) >= 11 is 0. The lowest BCUT2D eigenvalue weighted by molar-refractivity contribution is -0.137. The van der Waals surface area contributed by atoms with E-state index in [2.05, 4.69) is 19.9 Å². The van der Waals surface area contributed by atoms with Crippen LogP contribution in [0.25, 0.3) is 16.7 Å². The van der Waals surface area contributed by atoms with Crippen LogP contribution in [0.15, 0.2) is 60.1 Å². The first kappa shape index (κ1) is 17.9. The van der Waals surface area contributed by atoms with Crippen LogP contribution >= 0.6 is 0 Å². The lowest BCUT2D eigenvalue weighted by atomic mass is 10.1. The molecule has 31 heavy (non-hydrogen) atoms. The Bertz CT molecular complexity index is 1360. The summed E-state index contributed by atoms with van der Waals surface area (Å²) in [5.41, 5.74) is 2.20. The van der Waals surface area contributed by atoms with Crippen molar-refractivity contribution in [2.45, 2.75) is 6.18 Å². The fourth-order valence-corrected chi connectivity index (χ4v) is 3.82. The van der Waals surface area contributed by atoms with E-state index in [1.807, 2.05) is 17.0 Å². The van der Waals surface area contributed by atoms with E-state index in [-0.39, 0.29) is 0 Å². The standard InChI is InChI=1S/C21H13F3N6O/c22-21(23,24)13-1-3-14(4-2-13)29-6-5-12-9-15(10-25-18(12)29)30-7-8-31-20-16-17(26-11-27-20)28-19(16)30/h1-6,9-11H,7-8H2. The van der Waals surface area contributed by atoms with Crippen LogP contribution in [-0.4, -0.2) is 38.5 Å². The second kappa shape index (κ2) is 6.27. The first-order chi connectivity index (χ1) is 15.0. The molecule has 0 bridgehead atoms. The van der Waals surface area contributed by atoms with Crippen molar-refractivity contribution in [2.75, 3.05) is 18.1 Å². The Morgan fingerprint density at radius 2 is 1.81 bits per heavy atom. The summed E-state index contributed by atoms with van der Waals surface area (Å²) in [6.07, 6.45) is 0.576. The monoisotopic (exact) mass is 422 g/mol. The third-order valence-electron chi connectivity index (χ3n) is 5.33. The molecule has 0 fully saturated rings. The van der Waals surface area contributed by atoms with Gasteiger partial charge in [-0.25, -0.2) is 19.9 Å². The highest BCUT2D eigenvalue weighted by molar-refractivity contribution is 6.20. The SMILES string of the molecule is FC(F)(F)c1ccc(-n2ccc3cc(N4CCOc5ncnc6c5C4=N6)cnc32)cc1. The van der Waals surface area contributed by atoms with Gasteiger partial charge >= 0.3 is 6.18 Å². The van der Waals surface area contributed by atoms with Gasteiger partial charge in [-0.15, -0.1) is 0 Å². The minimum atomic E-state index is -4.37. The van der Waals surface area contributed by atoms with Gasteiger partial charge in [-0.2, -0.15) is 13.2 Å². The Balaban J connectivity index is 1.36. The molecule has 6 rings (SSSR count). The Morgan fingerprint density at radius 3 is 2.61 bits per heavy atom. The van der Waals surface area contributed by atoms with Gasteiger partial charge in [0.2, 0.25) is 5.88 Å². The molecular weight excluding hydrogens is 409 g/mol. The molecule has 5 heterocycles. The van der Waals surface area contributed by atoms with Crippen LogP contribution in [-0.2, 0) is 6.18 Å². The maximum Gasteiger partial charge on any atom is 0.416 e. The molecule has 3 aromatic heterocycles. The first-order valence-electron chi connectivity index (χ1n) is 9.48. The summed E-state index contributed by atoms with van der Waals surface area (Å²) in [6, 6.07) is 8.86. The maximum absolute atomic E-state index is 12.8. The van der Waals surface area contributed by atoms with Gasteiger partial charge in [-0.1, -0.05) is 0 Å². The fourth-order valence-electron chi connectivity index (χ4n) is 3.82. The third kappa shape index (κ3) is 2.75. The molecule has 10 heteroatoms. The molecular formula is C21H13F3N6O. The van der Waals surface area contributed by atoms with E-state index in [0.29, 0.717) is 36.2 Å². The molecule has 0 amide bonds. The van der Waals surface area contributed by atoms with Crippen molar-refractivity contribution in [1.29, 1.82) is 0 Å². The van der Waals surface area contributed by atoms with Gasteiger partial charge in [0.25, 0.3) is 0 Å². The van der Waals surface area contributed by atoms with Gasteiger partial charge in [-0.05, 0) is 36.4 Å². The summed E-state index contributed by atoms with van der Waals surface area (Å²) in [5.74, 6) is 1.88. The normalized spacial score (nSPS) is 15.1. The number of fused-ring (bicyclic) bond motifs is 1. The highest BCUT2D eigenvalue weighted by Gasteiger charge is 2.34. The number of hydrogen-bond donors (Lipinski definition) is 0. The highest BCUT2D eigenvalue weighted by Crippen LogP contribution is 2.38. The Morgan fingerprint density at radius 1 is 0.968 bits per heavy atom. The quantitative estimate of drug-likeness (QED) is 0.486. The molecule has 1 aromatic carbocycles. The number of alkyl halides is 3. The summed E-state index contributed by atoms with van der Waals surface area (Å²) in [6.45, 7) is 1.01. The third-order valence-corrected chi connectivity index (χ3v) is 5.33. The average molecular weight is 422 g/mol. The number of amidine groups is 1. The number of pyridine rings is 1. The average Bonchev–Trinajstić information content (AvgIpc) is 3.07. The van der Waals surface area contributed by atoms with Gasteiger partial charge in [0.05, 0.1) is 24.0 Å². The number of halogens is 3. The number of ether oxygens (including phenoxy) is 1. The summed E-state index contributed by atoms with van der Waals surface area (Å²) in [5, 5.41) is 0.854. The topological polar surface area (TPSA) is 68.4 Å². The molecule has 154 valence electrons. The van der Waals surface area contributed by atoms with Crippen molar-refractivity contribution in [1.82, 2.24) is 19.5 Å². The van der Waals surface area contributed by atoms with Crippen molar-refractivity contribution < 1.29 is 17.9 Å². The molecule has 0 saturated heterocycles. The molecule has 2 aliphatic rings. The summed E-state index contributed by atoms with van der Waals surface area (Å²) in [4.78, 5) is 19.4. The predicted octanol–water partition coefficient (Wildman–Crippen LogP) is 4.13. The number of aromatic nitrogens is 4. The van der Waals surface area contributed by atoms with E-state index >= 15 is 0 Å². The van der Waals surface area contributed by atoms with Crippen LogP contribution in [0.5, 0.6) is 5.88 Å². The van der Waals surface area contributed by atoms with Crippen molar-refractivity contribution >= 4 is 28.4 Å². The molecule has 0 N–H and O–H groups in total. The lowest BCUT2D eigenvalue weighted by Crippen LogP contribution is -2.35. The zero-order valence-electron chi connectivity index (χ0n) is 15.8. The Kier molecular flexibility index (Phi) is 3.62. The minimum absolute atomic E-state index is 0.438. The van der Waals surface area contributed by atoms with Crippen LogP contribution in [0.1, 0.15) is 11.1 Å². The number of rotatable bonds is 2. The number of benzene rings is 1. The number of aliphatic imine (C=N–C) groups is 1. The van der Waals surface area contributed by atoms with Crippen molar-refractivity contribution in [3.05, 3.63) is 66.2 Å².